The van der Waals surface area contributed by atoms with Crippen LogP contribution in [0, 0.1) is 11.8 Å². The zero-order valence-corrected chi connectivity index (χ0v) is 17.6. The zero-order valence-electron chi connectivity index (χ0n) is 15.3. The molecule has 0 bridgehead atoms. The molecule has 3 rings (SSSR count). The van der Waals surface area contributed by atoms with Crippen LogP contribution in [-0.2, 0) is 10.0 Å². The predicted molar refractivity (Wildman–Crippen MR) is 110 cm³/mol. The molecular weight excluding hydrogens is 421 g/mol. The van der Waals surface area contributed by atoms with Crippen molar-refractivity contribution in [2.75, 3.05) is 6.54 Å². The van der Waals surface area contributed by atoms with Crippen LogP contribution in [0.2, 0.25) is 10.0 Å². The molecule has 2 aromatic carbocycles. The maximum atomic E-state index is 12.6. The van der Waals surface area contributed by atoms with Gasteiger partial charge in [-0.05, 0) is 47.9 Å². The number of benzene rings is 2. The fourth-order valence-corrected chi connectivity index (χ4v) is 4.10. The van der Waals surface area contributed by atoms with E-state index >= 15 is 0 Å². The van der Waals surface area contributed by atoms with Crippen LogP contribution in [0.15, 0.2) is 58.5 Å². The number of amides is 2. The van der Waals surface area contributed by atoms with Gasteiger partial charge in [-0.25, -0.2) is 22.9 Å². The van der Waals surface area contributed by atoms with E-state index < -0.39 is 16.1 Å². The van der Waals surface area contributed by atoms with E-state index in [4.69, 9.17) is 23.2 Å². The second-order valence-electron chi connectivity index (χ2n) is 6.79. The Balaban J connectivity index is 1.83. The van der Waals surface area contributed by atoms with E-state index in [1.165, 1.54) is 24.3 Å². The van der Waals surface area contributed by atoms with E-state index in [0.717, 1.165) is 16.3 Å². The molecule has 6 nitrogen and oxygen atoms in total. The summed E-state index contributed by atoms with van der Waals surface area (Å²) in [6, 6.07) is 11.9. The molecule has 1 unspecified atom stereocenters. The topological polar surface area (TPSA) is 78.8 Å². The molecule has 0 saturated carbocycles. The van der Waals surface area contributed by atoms with E-state index in [2.05, 4.69) is 9.82 Å². The lowest BCUT2D eigenvalue weighted by atomic mass is 9.88. The van der Waals surface area contributed by atoms with Crippen LogP contribution >= 0.6 is 23.2 Å². The average Bonchev–Trinajstić information content (AvgIpc) is 3.08. The number of hydrogen-bond acceptors (Lipinski definition) is 4. The summed E-state index contributed by atoms with van der Waals surface area (Å²) in [5.74, 6) is 0.185. The number of halogens is 2. The fraction of sp³-hybridized carbons (Fsp3) is 0.263. The first kappa shape index (κ1) is 20.6. The molecule has 28 heavy (non-hydrogen) atoms. The van der Waals surface area contributed by atoms with E-state index in [9.17, 15) is 13.2 Å². The van der Waals surface area contributed by atoms with Gasteiger partial charge in [0.05, 0.1) is 17.2 Å². The number of nitrogens with one attached hydrogen (secondary N) is 1. The maximum absolute atomic E-state index is 12.6. The molecule has 2 amide bonds. The van der Waals surface area contributed by atoms with Gasteiger partial charge < -0.3 is 0 Å². The highest BCUT2D eigenvalue weighted by Crippen LogP contribution is 2.27. The van der Waals surface area contributed by atoms with Crippen molar-refractivity contribution in [2.24, 2.45) is 16.9 Å². The fourth-order valence-electron chi connectivity index (χ4n) is 2.91. The number of hydrogen-bond donors (Lipinski definition) is 1. The van der Waals surface area contributed by atoms with Crippen LogP contribution in [0.5, 0.6) is 0 Å². The van der Waals surface area contributed by atoms with E-state index in [0.29, 0.717) is 10.0 Å². The highest BCUT2D eigenvalue weighted by molar-refractivity contribution is 7.90. The van der Waals surface area contributed by atoms with Crippen LogP contribution in [0.25, 0.3) is 0 Å². The van der Waals surface area contributed by atoms with Gasteiger partial charge in [0.25, 0.3) is 10.0 Å². The Labute approximate surface area is 174 Å². The lowest BCUT2D eigenvalue weighted by molar-refractivity contribution is 0.205. The standard InChI is InChI=1S/C19H19Cl2N3O3S/c1-12(2)17-11-24(22-18(17)13-3-5-14(20)6-4-13)19(25)23-28(26,27)16-9-7-15(21)8-10-16/h3-10,12,17H,11H2,1-2H3,(H,23,25). The van der Waals surface area contributed by atoms with Crippen molar-refractivity contribution in [2.45, 2.75) is 18.7 Å². The van der Waals surface area contributed by atoms with Crippen molar-refractivity contribution >= 4 is 45.0 Å². The van der Waals surface area contributed by atoms with E-state index in [1.807, 2.05) is 26.0 Å². The second-order valence-corrected chi connectivity index (χ2v) is 9.34. The summed E-state index contributed by atoms with van der Waals surface area (Å²) >= 11 is 11.7. The Morgan fingerprint density at radius 2 is 1.61 bits per heavy atom. The third-order valence-electron chi connectivity index (χ3n) is 4.47. The molecule has 1 aliphatic rings. The van der Waals surface area contributed by atoms with Gasteiger partial charge in [-0.1, -0.05) is 49.2 Å². The molecule has 1 heterocycles. The molecule has 2 aromatic rings. The summed E-state index contributed by atoms with van der Waals surface area (Å²) in [4.78, 5) is 12.5. The Kier molecular flexibility index (Phi) is 5.98. The normalized spacial score (nSPS) is 17.0. The number of carbonyl (C=O) groups is 1. The first-order valence-corrected chi connectivity index (χ1v) is 10.9. The van der Waals surface area contributed by atoms with Crippen LogP contribution < -0.4 is 4.72 Å². The van der Waals surface area contributed by atoms with Crippen molar-refractivity contribution in [3.8, 4) is 0 Å². The number of urea groups is 1. The van der Waals surface area contributed by atoms with Gasteiger partial charge in [-0.2, -0.15) is 5.10 Å². The van der Waals surface area contributed by atoms with E-state index in [-0.39, 0.29) is 23.3 Å². The average molecular weight is 440 g/mol. The largest absolute Gasteiger partial charge is 0.351 e. The molecule has 0 radical (unpaired) electrons. The highest BCUT2D eigenvalue weighted by atomic mass is 35.5. The first-order chi connectivity index (χ1) is 13.2. The summed E-state index contributed by atoms with van der Waals surface area (Å²) in [6.45, 7) is 4.35. The van der Waals surface area contributed by atoms with Crippen molar-refractivity contribution in [1.29, 1.82) is 0 Å². The van der Waals surface area contributed by atoms with Gasteiger partial charge >= 0.3 is 6.03 Å². The van der Waals surface area contributed by atoms with Crippen LogP contribution in [0.3, 0.4) is 0 Å². The third kappa shape index (κ3) is 4.48. The monoisotopic (exact) mass is 439 g/mol. The third-order valence-corrected chi connectivity index (χ3v) is 6.31. The smallest absolute Gasteiger partial charge is 0.246 e. The number of rotatable bonds is 4. The molecule has 9 heteroatoms. The summed E-state index contributed by atoms with van der Waals surface area (Å²) in [7, 11) is -4.03. The molecule has 1 N–H and O–H groups in total. The van der Waals surface area contributed by atoms with Gasteiger partial charge in [-0.15, -0.1) is 0 Å². The minimum Gasteiger partial charge on any atom is -0.246 e. The van der Waals surface area contributed by atoms with Gasteiger partial charge in [0.1, 0.15) is 0 Å². The molecule has 0 aromatic heterocycles. The lowest BCUT2D eigenvalue weighted by Crippen LogP contribution is -2.40. The van der Waals surface area contributed by atoms with Gasteiger partial charge in [-0.3, -0.25) is 0 Å². The summed E-state index contributed by atoms with van der Waals surface area (Å²) < 4.78 is 27.0. The quantitative estimate of drug-likeness (QED) is 0.766. The number of hydrazone groups is 1. The molecular formula is C19H19Cl2N3O3S. The number of nitrogens with zero attached hydrogens (tertiary/aromatic N) is 2. The lowest BCUT2D eigenvalue weighted by Gasteiger charge is -2.18. The van der Waals surface area contributed by atoms with Crippen molar-refractivity contribution in [1.82, 2.24) is 9.73 Å². The van der Waals surface area contributed by atoms with Crippen molar-refractivity contribution in [3.63, 3.8) is 0 Å². The first-order valence-electron chi connectivity index (χ1n) is 8.61. The highest BCUT2D eigenvalue weighted by Gasteiger charge is 2.34. The summed E-state index contributed by atoms with van der Waals surface area (Å²) in [6.07, 6.45) is 0. The molecule has 1 atom stereocenters. The molecule has 0 saturated heterocycles. The number of carbonyl (C=O) groups excluding carboxylic acids is 1. The Hall–Kier alpha value is -2.09. The molecule has 1 aliphatic heterocycles. The molecule has 0 fully saturated rings. The van der Waals surface area contributed by atoms with Gasteiger partial charge in [0.2, 0.25) is 0 Å². The Morgan fingerprint density at radius 1 is 1.07 bits per heavy atom. The maximum Gasteiger partial charge on any atom is 0.351 e. The zero-order chi connectivity index (χ0) is 20.5. The SMILES string of the molecule is CC(C)C1CN(C(=O)NS(=O)(=O)c2ccc(Cl)cc2)N=C1c1ccc(Cl)cc1. The minimum atomic E-state index is -4.03. The molecule has 0 aliphatic carbocycles. The minimum absolute atomic E-state index is 0.0230. The Bertz CT molecular complexity index is 1000. The number of sulfonamides is 1. The van der Waals surface area contributed by atoms with Gasteiger partial charge in [0, 0.05) is 16.0 Å². The van der Waals surface area contributed by atoms with Crippen molar-refractivity contribution in [3.05, 3.63) is 64.1 Å². The van der Waals surface area contributed by atoms with Crippen LogP contribution in [0.1, 0.15) is 19.4 Å². The van der Waals surface area contributed by atoms with Gasteiger partial charge in [0.15, 0.2) is 0 Å². The molecule has 0 spiro atoms. The Morgan fingerprint density at radius 3 is 2.14 bits per heavy atom. The summed E-state index contributed by atoms with van der Waals surface area (Å²) in [5, 5.41) is 6.55. The summed E-state index contributed by atoms with van der Waals surface area (Å²) in [5.41, 5.74) is 1.57. The second kappa shape index (κ2) is 8.11. The van der Waals surface area contributed by atoms with Crippen molar-refractivity contribution < 1.29 is 13.2 Å². The van der Waals surface area contributed by atoms with Crippen LogP contribution in [0.4, 0.5) is 4.79 Å². The predicted octanol–water partition coefficient (Wildman–Crippen LogP) is 4.38. The van der Waals surface area contributed by atoms with E-state index in [1.54, 1.807) is 12.1 Å². The van der Waals surface area contributed by atoms with Crippen LogP contribution in [-0.4, -0.2) is 31.7 Å². The molecule has 148 valence electrons.